The summed E-state index contributed by atoms with van der Waals surface area (Å²) in [6.07, 6.45) is 4.06. The second kappa shape index (κ2) is 6.38. The summed E-state index contributed by atoms with van der Waals surface area (Å²) in [5.41, 5.74) is 8.68. The van der Waals surface area contributed by atoms with Gasteiger partial charge < -0.3 is 0 Å². The van der Waals surface area contributed by atoms with E-state index in [-0.39, 0.29) is 0 Å². The lowest BCUT2D eigenvalue weighted by atomic mass is 9.96. The molecule has 0 saturated carbocycles. The van der Waals surface area contributed by atoms with Gasteiger partial charge in [0, 0.05) is 28.8 Å². The molecule has 0 aliphatic carbocycles. The van der Waals surface area contributed by atoms with Crippen LogP contribution in [0.15, 0.2) is 67.0 Å². The lowest BCUT2D eigenvalue weighted by molar-refractivity contribution is -0.659. The van der Waals surface area contributed by atoms with E-state index in [1.54, 1.807) is 0 Å². The molecule has 2 heterocycles. The van der Waals surface area contributed by atoms with Crippen molar-refractivity contribution in [2.24, 2.45) is 7.05 Å². The summed E-state index contributed by atoms with van der Waals surface area (Å²) >= 11 is 0. The fourth-order valence-corrected chi connectivity index (χ4v) is 3.61. The fourth-order valence-electron chi connectivity index (χ4n) is 3.61. The Balaban J connectivity index is 1.88. The van der Waals surface area contributed by atoms with E-state index < -0.39 is 0 Å². The van der Waals surface area contributed by atoms with Gasteiger partial charge in [-0.3, -0.25) is 4.98 Å². The highest BCUT2D eigenvalue weighted by Crippen LogP contribution is 2.28. The van der Waals surface area contributed by atoms with E-state index in [0.717, 1.165) is 11.3 Å². The maximum Gasteiger partial charge on any atom is 0.213 e. The van der Waals surface area contributed by atoms with E-state index in [1.807, 2.05) is 18.3 Å². The zero-order valence-electron chi connectivity index (χ0n) is 15.7. The number of aromatic nitrogens is 2. The molecule has 0 saturated heterocycles. The predicted molar refractivity (Wildman–Crippen MR) is 108 cm³/mol. The number of pyridine rings is 2. The maximum absolute atomic E-state index is 4.47. The minimum atomic E-state index is 1.01. The van der Waals surface area contributed by atoms with E-state index >= 15 is 0 Å². The van der Waals surface area contributed by atoms with E-state index in [2.05, 4.69) is 86.0 Å². The van der Waals surface area contributed by atoms with Crippen LogP contribution in [-0.2, 0) is 7.05 Å². The third kappa shape index (κ3) is 2.88. The van der Waals surface area contributed by atoms with E-state index in [4.69, 9.17) is 0 Å². The fraction of sp³-hybridized carbons (Fsp3) is 0.167. The number of fused-ring (bicyclic) bond motifs is 1. The van der Waals surface area contributed by atoms with Crippen LogP contribution in [0.4, 0.5) is 0 Å². The van der Waals surface area contributed by atoms with Crippen LogP contribution in [0.5, 0.6) is 0 Å². The first-order valence-electron chi connectivity index (χ1n) is 8.96. The summed E-state index contributed by atoms with van der Waals surface area (Å²) in [5, 5.41) is 2.47. The van der Waals surface area contributed by atoms with E-state index in [0.29, 0.717) is 0 Å². The zero-order chi connectivity index (χ0) is 18.3. The van der Waals surface area contributed by atoms with Crippen molar-refractivity contribution in [3.63, 3.8) is 0 Å². The highest BCUT2D eigenvalue weighted by molar-refractivity contribution is 5.88. The Bertz CT molecular complexity index is 1110. The van der Waals surface area contributed by atoms with Crippen LogP contribution in [0.2, 0.25) is 0 Å². The van der Waals surface area contributed by atoms with Gasteiger partial charge in [0.1, 0.15) is 7.05 Å². The molecule has 0 aliphatic rings. The zero-order valence-corrected chi connectivity index (χ0v) is 15.7. The first-order chi connectivity index (χ1) is 12.5. The second-order valence-electron chi connectivity index (χ2n) is 7.08. The van der Waals surface area contributed by atoms with Gasteiger partial charge in [-0.2, -0.15) is 0 Å². The summed E-state index contributed by atoms with van der Waals surface area (Å²) in [5.74, 6) is 0. The lowest BCUT2D eigenvalue weighted by Crippen LogP contribution is -2.30. The van der Waals surface area contributed by atoms with E-state index in [9.17, 15) is 0 Å². The number of aryl methyl sites for hydroxylation is 3. The molecular weight excluding hydrogens is 316 g/mol. The van der Waals surface area contributed by atoms with Gasteiger partial charge in [0.25, 0.3) is 0 Å². The molecule has 0 amide bonds. The molecule has 0 N–H and O–H groups in total. The average molecular weight is 339 g/mol. The molecule has 0 radical (unpaired) electrons. The molecule has 4 rings (SSSR count). The van der Waals surface area contributed by atoms with Crippen LogP contribution < -0.4 is 4.57 Å². The van der Waals surface area contributed by atoms with Gasteiger partial charge in [-0.25, -0.2) is 4.57 Å². The van der Waals surface area contributed by atoms with Crippen LogP contribution >= 0.6 is 0 Å². The first kappa shape index (κ1) is 16.5. The Morgan fingerprint density at radius 3 is 2.46 bits per heavy atom. The minimum absolute atomic E-state index is 1.01. The molecule has 2 aromatic carbocycles. The standard InChI is InChI=1S/C24H23N2/c1-16-11-17(2)18(3)22(12-16)24-14-19-8-9-20(13-21(19)15-26(24)4)23-7-5-6-10-25-23/h5-15H,1-4H3/q+1. The molecule has 0 fully saturated rings. The van der Waals surface area contributed by atoms with Crippen molar-refractivity contribution in [2.45, 2.75) is 20.8 Å². The van der Waals surface area contributed by atoms with Crippen LogP contribution in [-0.4, -0.2) is 4.98 Å². The molecule has 2 heteroatoms. The molecule has 0 atom stereocenters. The molecule has 0 bridgehead atoms. The highest BCUT2D eigenvalue weighted by Gasteiger charge is 2.16. The Hall–Kier alpha value is -3.00. The van der Waals surface area contributed by atoms with Gasteiger partial charge in [-0.15, -0.1) is 0 Å². The summed E-state index contributed by atoms with van der Waals surface area (Å²) in [6.45, 7) is 6.56. The van der Waals surface area contributed by atoms with Crippen molar-refractivity contribution in [2.75, 3.05) is 0 Å². The van der Waals surface area contributed by atoms with Crippen molar-refractivity contribution < 1.29 is 4.57 Å². The van der Waals surface area contributed by atoms with Crippen molar-refractivity contribution in [1.29, 1.82) is 0 Å². The van der Waals surface area contributed by atoms with Gasteiger partial charge in [0.05, 0.1) is 5.69 Å². The molecule has 2 nitrogen and oxygen atoms in total. The molecular formula is C24H23N2+. The molecule has 2 aromatic heterocycles. The van der Waals surface area contributed by atoms with Crippen LogP contribution in [0.3, 0.4) is 0 Å². The van der Waals surface area contributed by atoms with Crippen LogP contribution in [0.25, 0.3) is 33.3 Å². The van der Waals surface area contributed by atoms with Gasteiger partial charge in [-0.05, 0) is 61.5 Å². The predicted octanol–water partition coefficient (Wildman–Crippen LogP) is 5.32. The van der Waals surface area contributed by atoms with Gasteiger partial charge in [-0.1, -0.05) is 29.8 Å². The van der Waals surface area contributed by atoms with Crippen molar-refractivity contribution in [3.8, 4) is 22.5 Å². The molecule has 0 unspecified atom stereocenters. The molecule has 0 aliphatic heterocycles. The quantitative estimate of drug-likeness (QED) is 0.452. The summed E-state index contributed by atoms with van der Waals surface area (Å²) in [4.78, 5) is 4.47. The number of rotatable bonds is 2. The number of nitrogens with zero attached hydrogens (tertiary/aromatic N) is 2. The number of hydrogen-bond acceptors (Lipinski definition) is 1. The smallest absolute Gasteiger partial charge is 0.213 e. The molecule has 128 valence electrons. The first-order valence-corrected chi connectivity index (χ1v) is 8.96. The third-order valence-electron chi connectivity index (χ3n) is 5.14. The van der Waals surface area contributed by atoms with E-state index in [1.165, 1.54) is 38.7 Å². The van der Waals surface area contributed by atoms with Crippen LogP contribution in [0, 0.1) is 20.8 Å². The topological polar surface area (TPSA) is 16.8 Å². The minimum Gasteiger partial charge on any atom is -0.256 e. The van der Waals surface area contributed by atoms with Gasteiger partial charge >= 0.3 is 0 Å². The molecule has 4 aromatic rings. The van der Waals surface area contributed by atoms with Crippen LogP contribution in [0.1, 0.15) is 16.7 Å². The largest absolute Gasteiger partial charge is 0.256 e. The lowest BCUT2D eigenvalue weighted by Gasteiger charge is -2.10. The second-order valence-corrected chi connectivity index (χ2v) is 7.08. The number of benzene rings is 2. The highest BCUT2D eigenvalue weighted by atomic mass is 14.9. The third-order valence-corrected chi connectivity index (χ3v) is 5.14. The van der Waals surface area contributed by atoms with Crippen molar-refractivity contribution in [1.82, 2.24) is 4.98 Å². The summed E-state index contributed by atoms with van der Waals surface area (Å²) in [6, 6.07) is 19.4. The normalized spacial score (nSPS) is 11.1. The monoisotopic (exact) mass is 339 g/mol. The maximum atomic E-state index is 4.47. The van der Waals surface area contributed by atoms with Gasteiger partial charge in [0.2, 0.25) is 5.69 Å². The Labute approximate surface area is 154 Å². The SMILES string of the molecule is Cc1cc(C)c(C)c(-c2cc3ccc(-c4ccccn4)cc3c[n+]2C)c1. The number of hydrogen-bond donors (Lipinski definition) is 0. The summed E-state index contributed by atoms with van der Waals surface area (Å²) in [7, 11) is 2.12. The molecule has 0 spiro atoms. The Morgan fingerprint density at radius 1 is 0.846 bits per heavy atom. The summed E-state index contributed by atoms with van der Waals surface area (Å²) < 4.78 is 2.23. The average Bonchev–Trinajstić information content (AvgIpc) is 2.64. The molecule has 26 heavy (non-hydrogen) atoms. The Morgan fingerprint density at radius 2 is 1.69 bits per heavy atom. The van der Waals surface area contributed by atoms with Crippen molar-refractivity contribution >= 4 is 10.8 Å². The Kier molecular flexibility index (Phi) is 4.04. The van der Waals surface area contributed by atoms with Gasteiger partial charge in [0.15, 0.2) is 6.20 Å². The van der Waals surface area contributed by atoms with Crippen molar-refractivity contribution in [3.05, 3.63) is 83.7 Å².